The fourth-order valence-corrected chi connectivity index (χ4v) is 2.76. The fraction of sp³-hybridized carbons (Fsp3) is 0.400. The van der Waals surface area contributed by atoms with Gasteiger partial charge in [-0.3, -0.25) is 0 Å². The largest absolute Gasteiger partial charge is 0.497 e. The molecule has 4 nitrogen and oxygen atoms in total. The van der Waals surface area contributed by atoms with E-state index in [2.05, 4.69) is 17.4 Å². The van der Waals surface area contributed by atoms with Gasteiger partial charge in [0.1, 0.15) is 5.75 Å². The summed E-state index contributed by atoms with van der Waals surface area (Å²) in [6.45, 7) is 5.51. The molecule has 25 heavy (non-hydrogen) atoms. The standard InChI is InChI=1S/C20H26ClNO3/c1-14(2)25-20-18(21)11-16(12-19(20)24-4)13-22-10-9-15-5-7-17(23-3)8-6-15/h5-8,11-12,14,22H,9-10,13H2,1-4H3. The summed E-state index contributed by atoms with van der Waals surface area (Å²) in [4.78, 5) is 0. The van der Waals surface area contributed by atoms with E-state index >= 15 is 0 Å². The molecular weight excluding hydrogens is 338 g/mol. The molecule has 0 saturated carbocycles. The Hall–Kier alpha value is -1.91. The van der Waals surface area contributed by atoms with Crippen molar-refractivity contribution in [2.24, 2.45) is 0 Å². The molecule has 0 heterocycles. The lowest BCUT2D eigenvalue weighted by atomic mass is 10.1. The summed E-state index contributed by atoms with van der Waals surface area (Å²) < 4.78 is 16.3. The summed E-state index contributed by atoms with van der Waals surface area (Å²) in [6.07, 6.45) is 0.989. The maximum atomic E-state index is 6.35. The van der Waals surface area contributed by atoms with Crippen molar-refractivity contribution in [3.05, 3.63) is 52.5 Å². The van der Waals surface area contributed by atoms with Gasteiger partial charge in [-0.05, 0) is 62.2 Å². The van der Waals surface area contributed by atoms with Gasteiger partial charge in [-0.1, -0.05) is 23.7 Å². The summed E-state index contributed by atoms with van der Waals surface area (Å²) in [5, 5.41) is 4.00. The summed E-state index contributed by atoms with van der Waals surface area (Å²) in [5.74, 6) is 2.14. The monoisotopic (exact) mass is 363 g/mol. The van der Waals surface area contributed by atoms with Gasteiger partial charge >= 0.3 is 0 Å². The van der Waals surface area contributed by atoms with Crippen LogP contribution in [0.2, 0.25) is 5.02 Å². The van der Waals surface area contributed by atoms with E-state index in [1.165, 1.54) is 5.56 Å². The second-order valence-corrected chi connectivity index (χ2v) is 6.46. The van der Waals surface area contributed by atoms with Crippen LogP contribution in [0, 0.1) is 0 Å². The van der Waals surface area contributed by atoms with Crippen LogP contribution in [-0.4, -0.2) is 26.9 Å². The maximum absolute atomic E-state index is 6.35. The van der Waals surface area contributed by atoms with Crippen molar-refractivity contribution < 1.29 is 14.2 Å². The predicted molar refractivity (Wildman–Crippen MR) is 102 cm³/mol. The van der Waals surface area contributed by atoms with Gasteiger partial charge < -0.3 is 19.5 Å². The minimum Gasteiger partial charge on any atom is -0.497 e. The van der Waals surface area contributed by atoms with Crippen molar-refractivity contribution in [1.29, 1.82) is 0 Å². The Morgan fingerprint density at radius 1 is 1.00 bits per heavy atom. The third-order valence-electron chi connectivity index (χ3n) is 3.72. The van der Waals surface area contributed by atoms with Gasteiger partial charge in [0.15, 0.2) is 11.5 Å². The van der Waals surface area contributed by atoms with E-state index in [1.54, 1.807) is 14.2 Å². The number of halogens is 1. The zero-order valence-corrected chi connectivity index (χ0v) is 16.0. The molecule has 0 atom stereocenters. The lowest BCUT2D eigenvalue weighted by molar-refractivity contribution is 0.230. The predicted octanol–water partition coefficient (Wildman–Crippen LogP) is 4.48. The van der Waals surface area contributed by atoms with Crippen molar-refractivity contribution in [2.75, 3.05) is 20.8 Å². The number of benzene rings is 2. The first-order valence-electron chi connectivity index (χ1n) is 8.40. The van der Waals surface area contributed by atoms with Gasteiger partial charge in [-0.2, -0.15) is 0 Å². The van der Waals surface area contributed by atoms with E-state index < -0.39 is 0 Å². The Balaban J connectivity index is 1.90. The van der Waals surface area contributed by atoms with Gasteiger partial charge in [0.05, 0.1) is 25.3 Å². The van der Waals surface area contributed by atoms with Crippen LogP contribution in [0.25, 0.3) is 0 Å². The van der Waals surface area contributed by atoms with E-state index in [-0.39, 0.29) is 6.10 Å². The number of rotatable bonds is 9. The van der Waals surface area contributed by atoms with Crippen LogP contribution in [0.4, 0.5) is 0 Å². The highest BCUT2D eigenvalue weighted by molar-refractivity contribution is 6.32. The van der Waals surface area contributed by atoms with Gasteiger partial charge in [0, 0.05) is 6.54 Å². The number of ether oxygens (including phenoxy) is 3. The summed E-state index contributed by atoms with van der Waals surface area (Å²) in [6, 6.07) is 12.0. The molecule has 0 spiro atoms. The molecule has 0 aromatic heterocycles. The first-order chi connectivity index (χ1) is 12.0. The highest BCUT2D eigenvalue weighted by Gasteiger charge is 2.13. The van der Waals surface area contributed by atoms with Crippen LogP contribution < -0.4 is 19.5 Å². The van der Waals surface area contributed by atoms with Gasteiger partial charge in [0.25, 0.3) is 0 Å². The topological polar surface area (TPSA) is 39.7 Å². The third-order valence-corrected chi connectivity index (χ3v) is 4.00. The molecular formula is C20H26ClNO3. The Morgan fingerprint density at radius 3 is 2.32 bits per heavy atom. The van der Waals surface area contributed by atoms with Gasteiger partial charge in [0.2, 0.25) is 0 Å². The smallest absolute Gasteiger partial charge is 0.180 e. The van der Waals surface area contributed by atoms with Crippen LogP contribution in [0.3, 0.4) is 0 Å². The molecule has 0 aliphatic rings. The molecule has 0 aliphatic carbocycles. The molecule has 5 heteroatoms. The Kier molecular flexibility index (Phi) is 7.41. The molecule has 0 bridgehead atoms. The van der Waals surface area contributed by atoms with Gasteiger partial charge in [-0.25, -0.2) is 0 Å². The highest BCUT2D eigenvalue weighted by Crippen LogP contribution is 2.37. The van der Waals surface area contributed by atoms with Crippen LogP contribution in [-0.2, 0) is 13.0 Å². The Morgan fingerprint density at radius 2 is 1.72 bits per heavy atom. The molecule has 0 unspecified atom stereocenters. The maximum Gasteiger partial charge on any atom is 0.180 e. The molecule has 2 aromatic carbocycles. The van der Waals surface area contributed by atoms with Crippen LogP contribution in [0.5, 0.6) is 17.2 Å². The average molecular weight is 364 g/mol. The summed E-state index contributed by atoms with van der Waals surface area (Å²) in [7, 11) is 3.30. The molecule has 1 N–H and O–H groups in total. The molecule has 0 saturated heterocycles. The number of hydrogen-bond donors (Lipinski definition) is 1. The highest BCUT2D eigenvalue weighted by atomic mass is 35.5. The van der Waals surface area contributed by atoms with Crippen molar-refractivity contribution in [3.8, 4) is 17.2 Å². The quantitative estimate of drug-likeness (QED) is 0.667. The summed E-state index contributed by atoms with van der Waals surface area (Å²) >= 11 is 6.35. The average Bonchev–Trinajstić information content (AvgIpc) is 2.61. The molecule has 0 fully saturated rings. The van der Waals surface area contributed by atoms with Crippen molar-refractivity contribution in [2.45, 2.75) is 32.9 Å². The lowest BCUT2D eigenvalue weighted by Gasteiger charge is -2.16. The molecule has 0 radical (unpaired) electrons. The Labute approximate surface area is 155 Å². The molecule has 136 valence electrons. The van der Waals surface area contributed by atoms with E-state index in [1.807, 2.05) is 38.1 Å². The fourth-order valence-electron chi connectivity index (χ4n) is 2.48. The van der Waals surface area contributed by atoms with Crippen LogP contribution in [0.1, 0.15) is 25.0 Å². The number of methoxy groups -OCH3 is 2. The van der Waals surface area contributed by atoms with Crippen molar-refractivity contribution in [3.63, 3.8) is 0 Å². The molecule has 2 aromatic rings. The second kappa shape index (κ2) is 9.54. The Bertz CT molecular complexity index is 671. The molecule has 0 aliphatic heterocycles. The zero-order valence-electron chi connectivity index (χ0n) is 15.3. The SMILES string of the molecule is COc1ccc(CCNCc2cc(Cl)c(OC(C)C)c(OC)c2)cc1. The molecule has 2 rings (SSSR count). The van der Waals surface area contributed by atoms with Crippen LogP contribution >= 0.6 is 11.6 Å². The van der Waals surface area contributed by atoms with Crippen molar-refractivity contribution >= 4 is 11.6 Å². The zero-order chi connectivity index (χ0) is 18.2. The van der Waals surface area contributed by atoms with E-state index in [9.17, 15) is 0 Å². The van der Waals surface area contributed by atoms with Crippen LogP contribution in [0.15, 0.2) is 36.4 Å². The minimum absolute atomic E-state index is 0.0415. The first kappa shape index (κ1) is 19.4. The second-order valence-electron chi connectivity index (χ2n) is 6.05. The lowest BCUT2D eigenvalue weighted by Crippen LogP contribution is -2.17. The van der Waals surface area contributed by atoms with Crippen molar-refractivity contribution in [1.82, 2.24) is 5.32 Å². The third kappa shape index (κ3) is 5.83. The van der Waals surface area contributed by atoms with E-state index in [0.717, 1.165) is 24.3 Å². The normalized spacial score (nSPS) is 10.8. The number of nitrogens with one attached hydrogen (secondary N) is 1. The minimum atomic E-state index is 0.0415. The van der Waals surface area contributed by atoms with Gasteiger partial charge in [-0.15, -0.1) is 0 Å². The van der Waals surface area contributed by atoms with E-state index in [4.69, 9.17) is 25.8 Å². The summed E-state index contributed by atoms with van der Waals surface area (Å²) in [5.41, 5.74) is 2.33. The first-order valence-corrected chi connectivity index (χ1v) is 8.78. The number of hydrogen-bond acceptors (Lipinski definition) is 4. The molecule has 0 amide bonds. The van der Waals surface area contributed by atoms with E-state index in [0.29, 0.717) is 23.1 Å².